The number of hydrogen-bond acceptors (Lipinski definition) is 15. The number of ketones is 1. The molecule has 22 heteroatoms. The van der Waals surface area contributed by atoms with E-state index in [1.54, 1.807) is 42.3 Å². The lowest BCUT2D eigenvalue weighted by atomic mass is 10.1. The highest BCUT2D eigenvalue weighted by molar-refractivity contribution is 6.12. The van der Waals surface area contributed by atoms with Gasteiger partial charge in [0, 0.05) is 81.0 Å². The largest absolute Gasteiger partial charge is 0.491 e. The van der Waals surface area contributed by atoms with E-state index < -0.39 is 30.5 Å². The van der Waals surface area contributed by atoms with Crippen molar-refractivity contribution in [3.63, 3.8) is 0 Å². The van der Waals surface area contributed by atoms with Crippen molar-refractivity contribution in [3.05, 3.63) is 88.8 Å². The number of carbonyl (C=O) groups excluding carboxylic acids is 5. The van der Waals surface area contributed by atoms with Gasteiger partial charge in [-0.05, 0) is 70.5 Å². The van der Waals surface area contributed by atoms with Crippen LogP contribution in [0.4, 0.5) is 4.79 Å². The number of carbonyl (C=O) groups is 5. The predicted molar refractivity (Wildman–Crippen MR) is 257 cm³/mol. The van der Waals surface area contributed by atoms with E-state index in [0.717, 1.165) is 11.4 Å². The molecule has 0 saturated carbocycles. The summed E-state index contributed by atoms with van der Waals surface area (Å²) >= 11 is 0. The van der Waals surface area contributed by atoms with Crippen LogP contribution in [0.5, 0.6) is 11.5 Å². The van der Waals surface area contributed by atoms with Crippen LogP contribution in [0.2, 0.25) is 0 Å². The number of amides is 3. The first-order chi connectivity index (χ1) is 33.7. The molecule has 0 aliphatic heterocycles. The predicted octanol–water partition coefficient (Wildman–Crippen LogP) is 4.61. The molecule has 0 aliphatic carbocycles. The summed E-state index contributed by atoms with van der Waals surface area (Å²) in [4.78, 5) is 77.5. The van der Waals surface area contributed by atoms with E-state index in [4.69, 9.17) is 45.4 Å². The number of aromatic nitrogens is 9. The summed E-state index contributed by atoms with van der Waals surface area (Å²) < 4.78 is 34.5. The first-order valence-electron chi connectivity index (χ1n) is 22.7. The van der Waals surface area contributed by atoms with Crippen LogP contribution in [0.15, 0.2) is 54.7 Å². The third-order valence-corrected chi connectivity index (χ3v) is 11.2. The molecule has 2 aromatic carbocycles. The van der Waals surface area contributed by atoms with E-state index in [9.17, 15) is 24.0 Å². The topological polar surface area (TPSA) is 280 Å². The molecule has 0 saturated heterocycles. The van der Waals surface area contributed by atoms with Gasteiger partial charge in [0.1, 0.15) is 39.9 Å². The van der Waals surface area contributed by atoms with Crippen LogP contribution < -0.4 is 26.3 Å². The average Bonchev–Trinajstić information content (AvgIpc) is 4.11. The van der Waals surface area contributed by atoms with Crippen molar-refractivity contribution < 1.29 is 47.7 Å². The number of nitrogens with one attached hydrogen (secondary N) is 1. The normalized spacial score (nSPS) is 11.5. The number of rotatable bonds is 24. The molecule has 5 N–H and O–H groups in total. The van der Waals surface area contributed by atoms with Gasteiger partial charge in [-0.2, -0.15) is 10.2 Å². The summed E-state index contributed by atoms with van der Waals surface area (Å²) in [6.07, 6.45) is 5.54. The second-order valence-electron chi connectivity index (χ2n) is 16.1. The maximum absolute atomic E-state index is 14.0. The smallest absolute Gasteiger partial charge is 0.407 e. The fourth-order valence-corrected chi connectivity index (χ4v) is 8.02. The number of ether oxygens (including phenoxy) is 5. The molecule has 0 unspecified atom stereocenters. The van der Waals surface area contributed by atoms with Crippen LogP contribution in [0.25, 0.3) is 44.5 Å². The monoisotopic (exact) mass is 960 g/mol. The van der Waals surface area contributed by atoms with Gasteiger partial charge in [-0.25, -0.2) is 24.5 Å². The molecule has 0 spiro atoms. The standard InChI is InChI=1S/C48H56N12O10/c1-7-59-35(19-28(3)55-59)37(61)25-40-53-34-22-31(45(50)64)24-39(68-17-11-13-51-48(65)70-27-41(62)67-6)43(34)57(40)14-9-10-15-58-42-32(21-30(44(49)63)23-38(42)69-18-12-16-66-5)33-26-52-46(54-47(33)58)36-20-29(4)56-60(36)8-2/h9-10,19-24,26H,7-8,11-18,25,27H2,1-6H3,(H2,49,63)(H2,50,64)(H,51,65)/b10-9+. The van der Waals surface area contributed by atoms with E-state index in [1.807, 2.05) is 59.7 Å². The highest BCUT2D eigenvalue weighted by Crippen LogP contribution is 2.37. The Labute approximate surface area is 401 Å². The van der Waals surface area contributed by atoms with Crippen molar-refractivity contribution in [2.45, 2.75) is 73.1 Å². The minimum absolute atomic E-state index is 0.0718. The molecule has 0 atom stereocenters. The van der Waals surface area contributed by atoms with Gasteiger partial charge in [-0.1, -0.05) is 12.2 Å². The van der Waals surface area contributed by atoms with Crippen LogP contribution in [0, 0.1) is 13.8 Å². The molecule has 3 amide bonds. The first-order valence-corrected chi connectivity index (χ1v) is 22.7. The Bertz CT molecular complexity index is 3130. The molecule has 7 rings (SSSR count). The minimum Gasteiger partial charge on any atom is -0.491 e. The van der Waals surface area contributed by atoms with Gasteiger partial charge in [0.05, 0.1) is 49.2 Å². The van der Waals surface area contributed by atoms with Crippen molar-refractivity contribution in [3.8, 4) is 23.0 Å². The second kappa shape index (κ2) is 22.3. The third-order valence-electron chi connectivity index (χ3n) is 11.2. The van der Waals surface area contributed by atoms with Crippen molar-refractivity contribution >= 4 is 62.6 Å². The molecule has 368 valence electrons. The number of nitrogens with two attached hydrogens (primary N) is 2. The zero-order valence-electron chi connectivity index (χ0n) is 39.9. The first kappa shape index (κ1) is 49.8. The summed E-state index contributed by atoms with van der Waals surface area (Å²) in [7, 11) is 2.79. The number of hydrogen-bond donors (Lipinski definition) is 3. The van der Waals surface area contributed by atoms with Gasteiger partial charge in [0.25, 0.3) is 0 Å². The fraction of sp³-hybridized carbons (Fsp3) is 0.375. The Morgan fingerprint density at radius 3 is 2.09 bits per heavy atom. The van der Waals surface area contributed by atoms with Crippen LogP contribution in [-0.4, -0.2) is 120 Å². The molecule has 70 heavy (non-hydrogen) atoms. The molecule has 7 aromatic rings. The summed E-state index contributed by atoms with van der Waals surface area (Å²) in [5, 5.41) is 13.0. The summed E-state index contributed by atoms with van der Waals surface area (Å²) in [5.41, 5.74) is 16.8. The molecule has 22 nitrogen and oxygen atoms in total. The molecule has 0 fully saturated rings. The summed E-state index contributed by atoms with van der Waals surface area (Å²) in [6.45, 7) is 9.55. The third kappa shape index (κ3) is 11.1. The summed E-state index contributed by atoms with van der Waals surface area (Å²) in [5.74, 6) is -0.734. The molecular formula is C48H56N12O10. The van der Waals surface area contributed by atoms with Crippen molar-refractivity contribution in [1.29, 1.82) is 0 Å². The average molecular weight is 961 g/mol. The Hall–Kier alpha value is -8.14. The quantitative estimate of drug-likeness (QED) is 0.0323. The van der Waals surface area contributed by atoms with Gasteiger partial charge in [0.2, 0.25) is 11.8 Å². The van der Waals surface area contributed by atoms with Gasteiger partial charge in [0.15, 0.2) is 18.2 Å². The lowest BCUT2D eigenvalue weighted by Gasteiger charge is -2.13. The lowest BCUT2D eigenvalue weighted by molar-refractivity contribution is -0.143. The molecule has 0 radical (unpaired) electrons. The number of aryl methyl sites for hydroxylation is 4. The molecule has 0 bridgehead atoms. The Kier molecular flexibility index (Phi) is 15.9. The number of allylic oxidation sites excluding steroid dienone is 2. The van der Waals surface area contributed by atoms with Gasteiger partial charge >= 0.3 is 12.1 Å². The van der Waals surface area contributed by atoms with E-state index in [1.165, 1.54) is 13.2 Å². The zero-order chi connectivity index (χ0) is 50.1. The van der Waals surface area contributed by atoms with E-state index in [0.29, 0.717) is 101 Å². The number of primary amides is 2. The van der Waals surface area contributed by atoms with E-state index in [2.05, 4.69) is 20.3 Å². The number of methoxy groups -OCH3 is 2. The molecule has 5 heterocycles. The van der Waals surface area contributed by atoms with Crippen LogP contribution in [-0.2, 0) is 51.6 Å². The number of nitrogens with zero attached hydrogens (tertiary/aromatic N) is 9. The summed E-state index contributed by atoms with van der Waals surface area (Å²) in [6, 6.07) is 10.1. The zero-order valence-corrected chi connectivity index (χ0v) is 39.9. The highest BCUT2D eigenvalue weighted by atomic mass is 16.6. The van der Waals surface area contributed by atoms with Crippen LogP contribution in [0.1, 0.15) is 75.1 Å². The molecular weight excluding hydrogens is 905 g/mol. The van der Waals surface area contributed by atoms with Crippen LogP contribution in [0.3, 0.4) is 0 Å². The molecule has 5 aromatic heterocycles. The lowest BCUT2D eigenvalue weighted by Crippen LogP contribution is -2.28. The van der Waals surface area contributed by atoms with Crippen molar-refractivity contribution in [2.75, 3.05) is 47.2 Å². The fourth-order valence-electron chi connectivity index (χ4n) is 8.02. The number of imidazole rings is 1. The molecule has 0 aliphatic rings. The minimum atomic E-state index is -0.809. The van der Waals surface area contributed by atoms with E-state index in [-0.39, 0.29) is 55.3 Å². The Balaban J connectivity index is 1.28. The maximum atomic E-state index is 14.0. The van der Waals surface area contributed by atoms with E-state index >= 15 is 0 Å². The SMILES string of the molecule is CCn1nc(C)cc1C(=O)Cc1nc2cc(C(N)=O)cc(OCCCNC(=O)OCC(=O)OC)c2n1C/C=C/Cn1c2nc(-c3cc(C)nn3CC)ncc2c2cc(C(N)=O)cc(OCCCOC)c21. The van der Waals surface area contributed by atoms with Gasteiger partial charge in [-0.3, -0.25) is 23.7 Å². The number of esters is 1. The van der Waals surface area contributed by atoms with Crippen LogP contribution >= 0.6 is 0 Å². The Morgan fingerprint density at radius 2 is 1.40 bits per heavy atom. The number of fused-ring (bicyclic) bond motifs is 4. The van der Waals surface area contributed by atoms with Crippen molar-refractivity contribution in [2.24, 2.45) is 11.5 Å². The van der Waals surface area contributed by atoms with Crippen molar-refractivity contribution in [1.82, 2.24) is 49.0 Å². The maximum Gasteiger partial charge on any atom is 0.407 e. The Morgan fingerprint density at radius 1 is 0.743 bits per heavy atom. The second-order valence-corrected chi connectivity index (χ2v) is 16.1. The number of alkyl carbamates (subject to hydrolysis) is 1. The number of Topliss-reactive ketones (excluding diaryl/α,β-unsaturated/α-hetero) is 1. The highest BCUT2D eigenvalue weighted by Gasteiger charge is 2.24. The van der Waals surface area contributed by atoms with Gasteiger partial charge in [-0.15, -0.1) is 0 Å². The van der Waals surface area contributed by atoms with Gasteiger partial charge < -0.3 is 49.6 Å². The number of benzene rings is 2.